The third-order valence-electron chi connectivity index (χ3n) is 9.29. The van der Waals surface area contributed by atoms with E-state index in [4.69, 9.17) is 9.15 Å². The molecular weight excluding hydrogens is 666 g/mol. The maximum Gasteiger partial charge on any atom is 0.334 e. The number of aliphatic carboxylic acids is 1. The van der Waals surface area contributed by atoms with Crippen molar-refractivity contribution in [2.45, 2.75) is 84.1 Å². The van der Waals surface area contributed by atoms with Crippen LogP contribution in [0.25, 0.3) is 22.5 Å². The number of Topliss-reactive ketones (excluding diaryl/α,β-unsaturated/α-hetero) is 1. The fourth-order valence-corrected chi connectivity index (χ4v) is 6.07. The van der Waals surface area contributed by atoms with Crippen molar-refractivity contribution < 1.29 is 28.6 Å². The summed E-state index contributed by atoms with van der Waals surface area (Å²) in [5.74, 6) is -1.38. The lowest BCUT2D eigenvalue weighted by Gasteiger charge is -2.20. The Hall–Kier alpha value is -5.57. The Labute approximate surface area is 311 Å². The smallest absolute Gasteiger partial charge is 0.334 e. The molecule has 53 heavy (non-hydrogen) atoms. The SMILES string of the molecule is CCCCCCCOc1ccc(-c2cnc(-c3ccc(C[C@H](CC(=O)c4ccc(C(C)(C)C)cc4)C(=O)NC(C(=O)O)c4ccco4)cc3)nc2)cc1. The Morgan fingerprint density at radius 1 is 0.811 bits per heavy atom. The van der Waals surface area contributed by atoms with Crippen LogP contribution in [-0.4, -0.2) is 39.3 Å². The molecule has 3 aromatic carbocycles. The normalized spacial score (nSPS) is 12.5. The van der Waals surface area contributed by atoms with Crippen LogP contribution in [0.3, 0.4) is 0 Å². The van der Waals surface area contributed by atoms with Crippen LogP contribution in [0, 0.1) is 5.92 Å². The average molecular weight is 716 g/mol. The van der Waals surface area contributed by atoms with Gasteiger partial charge in [0.1, 0.15) is 11.5 Å². The maximum atomic E-state index is 13.7. The number of benzene rings is 3. The molecule has 9 heteroatoms. The number of carbonyl (C=O) groups excluding carboxylic acids is 2. The topological polar surface area (TPSA) is 132 Å². The lowest BCUT2D eigenvalue weighted by atomic mass is 9.85. The summed E-state index contributed by atoms with van der Waals surface area (Å²) in [6.45, 7) is 9.22. The Morgan fingerprint density at radius 3 is 2.08 bits per heavy atom. The molecule has 0 bridgehead atoms. The minimum atomic E-state index is -1.39. The first-order valence-corrected chi connectivity index (χ1v) is 18.4. The number of aromatic nitrogens is 2. The van der Waals surface area contributed by atoms with Crippen molar-refractivity contribution in [3.05, 3.63) is 126 Å². The highest BCUT2D eigenvalue weighted by molar-refractivity contribution is 5.99. The molecule has 2 atom stereocenters. The largest absolute Gasteiger partial charge is 0.494 e. The van der Waals surface area contributed by atoms with E-state index in [1.807, 2.05) is 60.7 Å². The van der Waals surface area contributed by atoms with Gasteiger partial charge in [-0.05, 0) is 59.2 Å². The van der Waals surface area contributed by atoms with E-state index in [1.165, 1.54) is 38.0 Å². The standard InChI is InChI=1S/C44H49N3O6/c1-5-6-7-8-9-24-52-37-22-18-31(19-23-37)35-28-45-41(46-29-35)33-14-12-30(13-15-33)26-34(42(49)47-40(43(50)51)39-11-10-25-53-39)27-38(48)32-16-20-36(21-17-32)44(2,3)4/h10-23,25,28-29,34,40H,5-9,24,26-27H2,1-4H3,(H,47,49)(H,50,51)/t34-,40?/m1/s1. The number of carbonyl (C=O) groups is 3. The molecule has 1 unspecified atom stereocenters. The number of ether oxygens (including phenoxy) is 1. The van der Waals surface area contributed by atoms with Gasteiger partial charge in [0.25, 0.3) is 0 Å². The van der Waals surface area contributed by atoms with Gasteiger partial charge in [0.05, 0.1) is 12.9 Å². The van der Waals surface area contributed by atoms with Crippen LogP contribution in [0.4, 0.5) is 0 Å². The summed E-state index contributed by atoms with van der Waals surface area (Å²) >= 11 is 0. The van der Waals surface area contributed by atoms with E-state index in [1.54, 1.807) is 30.6 Å². The van der Waals surface area contributed by atoms with E-state index in [0.29, 0.717) is 11.4 Å². The highest BCUT2D eigenvalue weighted by Crippen LogP contribution is 2.26. The van der Waals surface area contributed by atoms with Gasteiger partial charge < -0.3 is 19.6 Å². The highest BCUT2D eigenvalue weighted by Gasteiger charge is 2.30. The summed E-state index contributed by atoms with van der Waals surface area (Å²) in [7, 11) is 0. The summed E-state index contributed by atoms with van der Waals surface area (Å²) in [4.78, 5) is 48.4. The van der Waals surface area contributed by atoms with E-state index < -0.39 is 23.8 Å². The Bertz CT molecular complexity index is 1910. The molecule has 0 spiro atoms. The van der Waals surface area contributed by atoms with E-state index in [9.17, 15) is 19.5 Å². The maximum absolute atomic E-state index is 13.7. The van der Waals surface area contributed by atoms with E-state index >= 15 is 0 Å². The molecule has 5 aromatic rings. The van der Waals surface area contributed by atoms with Gasteiger partial charge in [-0.1, -0.05) is 114 Å². The summed E-state index contributed by atoms with van der Waals surface area (Å²) in [5.41, 5.74) is 4.98. The Balaban J connectivity index is 1.26. The monoisotopic (exact) mass is 715 g/mol. The van der Waals surface area contributed by atoms with Crippen molar-refractivity contribution in [2.24, 2.45) is 5.92 Å². The van der Waals surface area contributed by atoms with Gasteiger partial charge in [0.15, 0.2) is 17.6 Å². The zero-order valence-corrected chi connectivity index (χ0v) is 31.0. The minimum absolute atomic E-state index is 0.0738. The Kier molecular flexibility index (Phi) is 13.3. The number of furan rings is 1. The van der Waals surface area contributed by atoms with Crippen molar-refractivity contribution in [1.82, 2.24) is 15.3 Å². The van der Waals surface area contributed by atoms with Crippen LogP contribution in [0.2, 0.25) is 0 Å². The van der Waals surface area contributed by atoms with Gasteiger partial charge in [-0.3, -0.25) is 9.59 Å². The van der Waals surface area contributed by atoms with Crippen LogP contribution < -0.4 is 10.1 Å². The average Bonchev–Trinajstić information content (AvgIpc) is 3.70. The fourth-order valence-electron chi connectivity index (χ4n) is 6.07. The zero-order chi connectivity index (χ0) is 37.8. The quantitative estimate of drug-likeness (QED) is 0.0678. The molecular formula is C44H49N3O6. The lowest BCUT2D eigenvalue weighted by molar-refractivity contribution is -0.143. The van der Waals surface area contributed by atoms with Crippen molar-refractivity contribution in [3.8, 4) is 28.3 Å². The van der Waals surface area contributed by atoms with E-state index in [-0.39, 0.29) is 29.8 Å². The molecule has 5 rings (SSSR count). The van der Waals surface area contributed by atoms with Gasteiger partial charge >= 0.3 is 5.97 Å². The zero-order valence-electron chi connectivity index (χ0n) is 31.0. The number of hydrogen-bond acceptors (Lipinski definition) is 7. The summed E-state index contributed by atoms with van der Waals surface area (Å²) < 4.78 is 11.2. The first kappa shape index (κ1) is 38.7. The van der Waals surface area contributed by atoms with Gasteiger partial charge in [-0.2, -0.15) is 0 Å². The number of unbranched alkanes of at least 4 members (excludes halogenated alkanes) is 4. The highest BCUT2D eigenvalue weighted by atomic mass is 16.5. The molecule has 2 aromatic heterocycles. The third kappa shape index (κ3) is 11.0. The summed E-state index contributed by atoms with van der Waals surface area (Å²) in [5, 5.41) is 12.4. The number of ketones is 1. The van der Waals surface area contributed by atoms with Crippen molar-refractivity contribution in [2.75, 3.05) is 6.61 Å². The predicted octanol–water partition coefficient (Wildman–Crippen LogP) is 9.42. The number of amides is 1. The van der Waals surface area contributed by atoms with E-state index in [0.717, 1.165) is 46.6 Å². The van der Waals surface area contributed by atoms with Crippen molar-refractivity contribution >= 4 is 17.7 Å². The molecule has 0 aliphatic carbocycles. The molecule has 2 heterocycles. The third-order valence-corrected chi connectivity index (χ3v) is 9.29. The number of nitrogens with one attached hydrogen (secondary N) is 1. The molecule has 0 saturated heterocycles. The number of nitrogens with zero attached hydrogens (tertiary/aromatic N) is 2. The molecule has 1 amide bonds. The van der Waals surface area contributed by atoms with Gasteiger partial charge in [0, 0.05) is 41.4 Å². The molecule has 9 nitrogen and oxygen atoms in total. The van der Waals surface area contributed by atoms with Crippen LogP contribution >= 0.6 is 0 Å². The summed E-state index contributed by atoms with van der Waals surface area (Å²) in [6, 6.07) is 24.5. The first-order valence-electron chi connectivity index (χ1n) is 18.4. The number of carboxylic acids is 1. The number of carboxylic acid groups (broad SMARTS) is 1. The number of hydrogen-bond donors (Lipinski definition) is 2. The van der Waals surface area contributed by atoms with Gasteiger partial charge in [-0.25, -0.2) is 14.8 Å². The van der Waals surface area contributed by atoms with Crippen LogP contribution in [-0.2, 0) is 21.4 Å². The fraction of sp³-hybridized carbons (Fsp3) is 0.341. The second-order valence-corrected chi connectivity index (χ2v) is 14.4. The summed E-state index contributed by atoms with van der Waals surface area (Å²) in [6.07, 6.45) is 11.0. The van der Waals surface area contributed by atoms with Crippen LogP contribution in [0.15, 0.2) is 108 Å². The molecule has 2 N–H and O–H groups in total. The van der Waals surface area contributed by atoms with Crippen LogP contribution in [0.5, 0.6) is 5.75 Å². The van der Waals surface area contributed by atoms with Gasteiger partial charge in [-0.15, -0.1) is 0 Å². The Morgan fingerprint density at radius 2 is 1.47 bits per heavy atom. The van der Waals surface area contributed by atoms with Crippen molar-refractivity contribution in [1.29, 1.82) is 0 Å². The molecule has 0 aliphatic heterocycles. The predicted molar refractivity (Wildman–Crippen MR) is 206 cm³/mol. The lowest BCUT2D eigenvalue weighted by Crippen LogP contribution is -2.39. The molecule has 276 valence electrons. The van der Waals surface area contributed by atoms with Crippen LogP contribution in [0.1, 0.15) is 99.5 Å². The molecule has 0 aliphatic rings. The molecule has 0 fully saturated rings. The second-order valence-electron chi connectivity index (χ2n) is 14.4. The first-order chi connectivity index (χ1) is 25.5. The van der Waals surface area contributed by atoms with Gasteiger partial charge in [0.2, 0.25) is 5.91 Å². The molecule has 0 radical (unpaired) electrons. The second kappa shape index (κ2) is 18.3. The van der Waals surface area contributed by atoms with Crippen molar-refractivity contribution in [3.63, 3.8) is 0 Å². The number of rotatable bonds is 18. The van der Waals surface area contributed by atoms with E-state index in [2.05, 4.69) is 43.0 Å². The minimum Gasteiger partial charge on any atom is -0.494 e. The molecule has 0 saturated carbocycles.